The number of aliphatic imine (C=N–C) groups is 1. The first kappa shape index (κ1) is 17.6. The molecule has 1 aromatic rings. The summed E-state index contributed by atoms with van der Waals surface area (Å²) in [6.45, 7) is 5.40. The van der Waals surface area contributed by atoms with Crippen LogP contribution in [0.2, 0.25) is 0 Å². The minimum atomic E-state index is 0.221. The molecule has 24 heavy (non-hydrogen) atoms. The first-order valence-electron chi connectivity index (χ1n) is 8.55. The molecule has 2 aliphatic heterocycles. The highest BCUT2D eigenvalue weighted by atomic mass is 32.2. The molecular weight excluding hydrogens is 324 g/mol. The molecule has 2 N–H and O–H groups in total. The van der Waals surface area contributed by atoms with Gasteiger partial charge in [0.1, 0.15) is 0 Å². The molecule has 0 radical (unpaired) electrons. The Balaban J connectivity index is 1.55. The van der Waals surface area contributed by atoms with E-state index in [-0.39, 0.29) is 5.54 Å². The van der Waals surface area contributed by atoms with Crippen LogP contribution in [0.5, 0.6) is 0 Å². The van der Waals surface area contributed by atoms with Gasteiger partial charge in [-0.1, -0.05) is 0 Å². The predicted octanol–water partition coefficient (Wildman–Crippen LogP) is 0.293. The first-order valence-corrected chi connectivity index (χ1v) is 9.71. The van der Waals surface area contributed by atoms with Crippen LogP contribution in [-0.4, -0.2) is 77.6 Å². The lowest BCUT2D eigenvalue weighted by Crippen LogP contribution is -2.60. The van der Waals surface area contributed by atoms with E-state index in [0.29, 0.717) is 0 Å². The maximum Gasteiger partial charge on any atom is 0.191 e. The maximum atomic E-state index is 5.53. The van der Waals surface area contributed by atoms with Crippen LogP contribution in [-0.2, 0) is 18.3 Å². The number of ether oxygens (including phenoxy) is 1. The van der Waals surface area contributed by atoms with E-state index in [1.807, 2.05) is 31.0 Å². The molecule has 134 valence electrons. The lowest BCUT2D eigenvalue weighted by atomic mass is 9.95. The van der Waals surface area contributed by atoms with Crippen molar-refractivity contribution in [2.24, 2.45) is 12.0 Å². The van der Waals surface area contributed by atoms with Gasteiger partial charge in [0.2, 0.25) is 0 Å². The summed E-state index contributed by atoms with van der Waals surface area (Å²) in [5.41, 5.74) is 1.36. The van der Waals surface area contributed by atoms with Crippen molar-refractivity contribution in [3.8, 4) is 0 Å². The van der Waals surface area contributed by atoms with Crippen molar-refractivity contribution < 1.29 is 4.74 Å². The van der Waals surface area contributed by atoms with Crippen LogP contribution < -0.4 is 10.6 Å². The normalized spacial score (nSPS) is 25.8. The Morgan fingerprint density at radius 1 is 1.42 bits per heavy atom. The molecule has 0 aromatic carbocycles. The van der Waals surface area contributed by atoms with Gasteiger partial charge in [0.15, 0.2) is 5.96 Å². The predicted molar refractivity (Wildman–Crippen MR) is 98.5 cm³/mol. The summed E-state index contributed by atoms with van der Waals surface area (Å²) in [5.74, 6) is 3.26. The number of aryl methyl sites for hydroxylation is 1. The zero-order valence-electron chi connectivity index (χ0n) is 14.6. The van der Waals surface area contributed by atoms with Gasteiger partial charge in [-0.3, -0.25) is 14.6 Å². The fraction of sp³-hybridized carbons (Fsp3) is 0.750. The van der Waals surface area contributed by atoms with Gasteiger partial charge < -0.3 is 15.4 Å². The molecule has 2 fully saturated rings. The van der Waals surface area contributed by atoms with E-state index < -0.39 is 0 Å². The smallest absolute Gasteiger partial charge is 0.191 e. The van der Waals surface area contributed by atoms with E-state index in [2.05, 4.69) is 37.4 Å². The molecule has 0 amide bonds. The van der Waals surface area contributed by atoms with Gasteiger partial charge >= 0.3 is 0 Å². The maximum absolute atomic E-state index is 5.53. The molecule has 0 saturated carbocycles. The van der Waals surface area contributed by atoms with Crippen molar-refractivity contribution in [3.05, 3.63) is 18.0 Å². The molecule has 3 heterocycles. The quantitative estimate of drug-likeness (QED) is 0.587. The third kappa shape index (κ3) is 4.04. The van der Waals surface area contributed by atoms with Crippen molar-refractivity contribution >= 4 is 17.7 Å². The monoisotopic (exact) mass is 352 g/mol. The fourth-order valence-corrected chi connectivity index (χ4v) is 4.83. The number of hydrogen-bond acceptors (Lipinski definition) is 5. The number of aromatic nitrogens is 2. The zero-order valence-corrected chi connectivity index (χ0v) is 15.4. The second-order valence-corrected chi connectivity index (χ2v) is 7.46. The Hall–Kier alpha value is -1.25. The molecule has 1 unspecified atom stereocenters. The van der Waals surface area contributed by atoms with Gasteiger partial charge in [0, 0.05) is 51.2 Å². The summed E-state index contributed by atoms with van der Waals surface area (Å²) in [7, 11) is 3.78. The van der Waals surface area contributed by atoms with Gasteiger partial charge in [-0.2, -0.15) is 16.9 Å². The van der Waals surface area contributed by atoms with Crippen molar-refractivity contribution in [1.29, 1.82) is 0 Å². The second kappa shape index (κ2) is 8.22. The highest BCUT2D eigenvalue weighted by molar-refractivity contribution is 7.99. The van der Waals surface area contributed by atoms with Crippen LogP contribution in [0.4, 0.5) is 0 Å². The van der Waals surface area contributed by atoms with Crippen molar-refractivity contribution in [1.82, 2.24) is 25.3 Å². The van der Waals surface area contributed by atoms with E-state index in [0.717, 1.165) is 51.0 Å². The van der Waals surface area contributed by atoms with Gasteiger partial charge in [-0.05, 0) is 18.2 Å². The molecule has 2 saturated heterocycles. The van der Waals surface area contributed by atoms with E-state index in [9.17, 15) is 0 Å². The summed E-state index contributed by atoms with van der Waals surface area (Å²) in [4.78, 5) is 6.98. The van der Waals surface area contributed by atoms with E-state index in [4.69, 9.17) is 4.74 Å². The number of guanidine groups is 1. The van der Waals surface area contributed by atoms with Crippen LogP contribution >= 0.6 is 11.8 Å². The average Bonchev–Trinajstić information content (AvgIpc) is 3.26. The summed E-state index contributed by atoms with van der Waals surface area (Å²) in [6, 6.07) is 2.02. The summed E-state index contributed by atoms with van der Waals surface area (Å²) >= 11 is 2.05. The molecule has 0 aliphatic carbocycles. The Bertz CT molecular complexity index is 549. The topological polar surface area (TPSA) is 66.7 Å². The van der Waals surface area contributed by atoms with E-state index in [1.165, 1.54) is 17.9 Å². The van der Waals surface area contributed by atoms with Gasteiger partial charge in [-0.15, -0.1) is 0 Å². The molecule has 0 spiro atoms. The lowest BCUT2D eigenvalue weighted by Gasteiger charge is -2.43. The van der Waals surface area contributed by atoms with Gasteiger partial charge in [0.05, 0.1) is 25.5 Å². The van der Waals surface area contributed by atoms with E-state index in [1.54, 1.807) is 0 Å². The van der Waals surface area contributed by atoms with Crippen molar-refractivity contribution in [3.63, 3.8) is 0 Å². The Morgan fingerprint density at radius 2 is 2.25 bits per heavy atom. The standard InChI is InChI=1S/C16H28N6OS/c1-17-15(18-11-14-3-5-20-21(14)2)19-12-16(4-10-24-13-16)22-6-8-23-9-7-22/h3,5H,4,6-13H2,1-2H3,(H2,17,18,19). The average molecular weight is 353 g/mol. The first-order chi connectivity index (χ1) is 11.7. The SMILES string of the molecule is CN=C(NCc1ccnn1C)NCC1(N2CCOCC2)CCSC1. The Labute approximate surface area is 148 Å². The van der Waals surface area contributed by atoms with Crippen molar-refractivity contribution in [2.75, 3.05) is 51.4 Å². The van der Waals surface area contributed by atoms with Gasteiger partial charge in [-0.25, -0.2) is 0 Å². The van der Waals surface area contributed by atoms with Crippen molar-refractivity contribution in [2.45, 2.75) is 18.5 Å². The summed E-state index contributed by atoms with van der Waals surface area (Å²) in [5, 5.41) is 11.1. The van der Waals surface area contributed by atoms with Crippen LogP contribution in [0, 0.1) is 0 Å². The highest BCUT2D eigenvalue weighted by Gasteiger charge is 2.40. The second-order valence-electron chi connectivity index (χ2n) is 6.35. The number of nitrogens with one attached hydrogen (secondary N) is 2. The molecule has 1 atom stereocenters. The van der Waals surface area contributed by atoms with Gasteiger partial charge in [0.25, 0.3) is 0 Å². The number of nitrogens with zero attached hydrogens (tertiary/aromatic N) is 4. The molecule has 2 aliphatic rings. The molecule has 1 aromatic heterocycles. The Morgan fingerprint density at radius 3 is 2.88 bits per heavy atom. The third-order valence-corrected chi connectivity index (χ3v) is 6.17. The third-order valence-electron chi connectivity index (χ3n) is 4.93. The molecule has 0 bridgehead atoms. The van der Waals surface area contributed by atoms with Crippen LogP contribution in [0.15, 0.2) is 17.3 Å². The van der Waals surface area contributed by atoms with Crippen LogP contribution in [0.25, 0.3) is 0 Å². The van der Waals surface area contributed by atoms with Crippen LogP contribution in [0.1, 0.15) is 12.1 Å². The number of morpholine rings is 1. The Kier molecular flexibility index (Phi) is 6.02. The minimum Gasteiger partial charge on any atom is -0.379 e. The number of thioether (sulfide) groups is 1. The zero-order chi connectivity index (χ0) is 16.8. The minimum absolute atomic E-state index is 0.221. The molecule has 7 nitrogen and oxygen atoms in total. The van der Waals surface area contributed by atoms with Crippen LogP contribution in [0.3, 0.4) is 0 Å². The van der Waals surface area contributed by atoms with E-state index >= 15 is 0 Å². The highest BCUT2D eigenvalue weighted by Crippen LogP contribution is 2.33. The molecule has 8 heteroatoms. The largest absolute Gasteiger partial charge is 0.379 e. The molecule has 3 rings (SSSR count). The summed E-state index contributed by atoms with van der Waals surface area (Å²) in [6.07, 6.45) is 3.04. The summed E-state index contributed by atoms with van der Waals surface area (Å²) < 4.78 is 7.41. The molecular formula is C16H28N6OS. The fourth-order valence-electron chi connectivity index (χ4n) is 3.35. The number of rotatable bonds is 5. The lowest BCUT2D eigenvalue weighted by molar-refractivity contribution is -0.0120. The number of hydrogen-bond donors (Lipinski definition) is 2.